The summed E-state index contributed by atoms with van der Waals surface area (Å²) in [6.45, 7) is 4.15. The molecule has 22 heavy (non-hydrogen) atoms. The SMILES string of the molecule is COc1ccc(OC(F)(F)F)cc1CCCN1CCOCC1. The average Bonchev–Trinajstić information content (AvgIpc) is 2.47. The van der Waals surface area contributed by atoms with Crippen LogP contribution in [0.25, 0.3) is 0 Å². The average molecular weight is 319 g/mol. The zero-order valence-corrected chi connectivity index (χ0v) is 12.5. The highest BCUT2D eigenvalue weighted by molar-refractivity contribution is 5.40. The van der Waals surface area contributed by atoms with Gasteiger partial charge in [-0.25, -0.2) is 0 Å². The molecule has 1 aromatic rings. The van der Waals surface area contributed by atoms with E-state index in [1.807, 2.05) is 0 Å². The number of ether oxygens (including phenoxy) is 3. The van der Waals surface area contributed by atoms with Crippen LogP contribution in [0.5, 0.6) is 11.5 Å². The van der Waals surface area contributed by atoms with E-state index in [1.165, 1.54) is 25.3 Å². The van der Waals surface area contributed by atoms with Gasteiger partial charge in [0.2, 0.25) is 0 Å². The molecular weight excluding hydrogens is 299 g/mol. The first-order valence-corrected chi connectivity index (χ1v) is 7.21. The van der Waals surface area contributed by atoms with Crippen LogP contribution < -0.4 is 9.47 Å². The molecule has 2 rings (SSSR count). The molecule has 0 aliphatic carbocycles. The second kappa shape index (κ2) is 7.69. The molecule has 0 spiro atoms. The minimum Gasteiger partial charge on any atom is -0.496 e. The lowest BCUT2D eigenvalue weighted by molar-refractivity contribution is -0.274. The van der Waals surface area contributed by atoms with Gasteiger partial charge in [0.05, 0.1) is 20.3 Å². The monoisotopic (exact) mass is 319 g/mol. The highest BCUT2D eigenvalue weighted by Crippen LogP contribution is 2.29. The van der Waals surface area contributed by atoms with Crippen LogP contribution in [0.1, 0.15) is 12.0 Å². The number of aryl methyl sites for hydroxylation is 1. The molecule has 4 nitrogen and oxygen atoms in total. The van der Waals surface area contributed by atoms with Crippen molar-refractivity contribution in [3.05, 3.63) is 23.8 Å². The van der Waals surface area contributed by atoms with Crippen molar-refractivity contribution in [2.75, 3.05) is 40.0 Å². The van der Waals surface area contributed by atoms with Crippen LogP contribution in [0.3, 0.4) is 0 Å². The first-order chi connectivity index (χ1) is 10.5. The highest BCUT2D eigenvalue weighted by atomic mass is 19.4. The number of alkyl halides is 3. The van der Waals surface area contributed by atoms with Crippen molar-refractivity contribution in [2.24, 2.45) is 0 Å². The molecule has 1 aliphatic rings. The van der Waals surface area contributed by atoms with E-state index in [-0.39, 0.29) is 5.75 Å². The van der Waals surface area contributed by atoms with Gasteiger partial charge in [-0.3, -0.25) is 4.90 Å². The Morgan fingerprint density at radius 2 is 1.95 bits per heavy atom. The van der Waals surface area contributed by atoms with Crippen LogP contribution in [-0.4, -0.2) is 51.2 Å². The minimum atomic E-state index is -4.68. The predicted molar refractivity (Wildman–Crippen MR) is 75.3 cm³/mol. The van der Waals surface area contributed by atoms with Crippen molar-refractivity contribution >= 4 is 0 Å². The first kappa shape index (κ1) is 16.9. The fraction of sp³-hybridized carbons (Fsp3) is 0.600. The van der Waals surface area contributed by atoms with Crippen LogP contribution in [0.2, 0.25) is 0 Å². The molecular formula is C15H20F3NO3. The van der Waals surface area contributed by atoms with E-state index in [4.69, 9.17) is 9.47 Å². The fourth-order valence-electron chi connectivity index (χ4n) is 2.47. The van der Waals surface area contributed by atoms with Gasteiger partial charge in [-0.05, 0) is 43.1 Å². The largest absolute Gasteiger partial charge is 0.573 e. The van der Waals surface area contributed by atoms with Crippen molar-refractivity contribution in [2.45, 2.75) is 19.2 Å². The zero-order valence-electron chi connectivity index (χ0n) is 12.5. The second-order valence-corrected chi connectivity index (χ2v) is 5.08. The maximum absolute atomic E-state index is 12.3. The smallest absolute Gasteiger partial charge is 0.496 e. The normalized spacial score (nSPS) is 16.5. The molecule has 0 atom stereocenters. The Morgan fingerprint density at radius 1 is 1.23 bits per heavy atom. The van der Waals surface area contributed by atoms with Gasteiger partial charge in [0.1, 0.15) is 11.5 Å². The summed E-state index contributed by atoms with van der Waals surface area (Å²) in [7, 11) is 1.51. The Kier molecular flexibility index (Phi) is 5.90. The summed E-state index contributed by atoms with van der Waals surface area (Å²) in [6, 6.07) is 4.16. The van der Waals surface area contributed by atoms with E-state index in [1.54, 1.807) is 0 Å². The second-order valence-electron chi connectivity index (χ2n) is 5.08. The third-order valence-electron chi connectivity index (χ3n) is 3.51. The van der Waals surface area contributed by atoms with Gasteiger partial charge in [0, 0.05) is 13.1 Å². The minimum absolute atomic E-state index is 0.213. The molecule has 7 heteroatoms. The highest BCUT2D eigenvalue weighted by Gasteiger charge is 2.31. The van der Waals surface area contributed by atoms with E-state index in [0.29, 0.717) is 12.2 Å². The third-order valence-corrected chi connectivity index (χ3v) is 3.51. The van der Waals surface area contributed by atoms with Crippen LogP contribution >= 0.6 is 0 Å². The van der Waals surface area contributed by atoms with Crippen LogP contribution in [0, 0.1) is 0 Å². The maximum Gasteiger partial charge on any atom is 0.573 e. The van der Waals surface area contributed by atoms with Crippen molar-refractivity contribution in [1.29, 1.82) is 0 Å². The van der Waals surface area contributed by atoms with E-state index >= 15 is 0 Å². The molecule has 1 saturated heterocycles. The molecule has 1 aromatic carbocycles. The summed E-state index contributed by atoms with van der Waals surface area (Å²) in [5.41, 5.74) is 0.720. The van der Waals surface area contributed by atoms with Gasteiger partial charge >= 0.3 is 6.36 Å². The topological polar surface area (TPSA) is 30.9 Å². The number of nitrogens with zero attached hydrogens (tertiary/aromatic N) is 1. The van der Waals surface area contributed by atoms with Gasteiger partial charge in [-0.1, -0.05) is 0 Å². The molecule has 1 fully saturated rings. The summed E-state index contributed by atoms with van der Waals surface area (Å²) in [4.78, 5) is 2.28. The maximum atomic E-state index is 12.3. The first-order valence-electron chi connectivity index (χ1n) is 7.21. The van der Waals surface area contributed by atoms with E-state index in [2.05, 4.69) is 9.64 Å². The van der Waals surface area contributed by atoms with Gasteiger partial charge in [-0.15, -0.1) is 13.2 Å². The molecule has 124 valence electrons. The standard InChI is InChI=1S/C15H20F3NO3/c1-20-14-5-4-13(22-15(16,17)18)11-12(14)3-2-6-19-7-9-21-10-8-19/h4-5,11H,2-3,6-10H2,1H3. The van der Waals surface area contributed by atoms with Crippen LogP contribution in [0.4, 0.5) is 13.2 Å². The molecule has 0 unspecified atom stereocenters. The van der Waals surface area contributed by atoms with E-state index in [0.717, 1.165) is 44.8 Å². The van der Waals surface area contributed by atoms with Gasteiger partial charge in [0.15, 0.2) is 0 Å². The van der Waals surface area contributed by atoms with Gasteiger partial charge in [0.25, 0.3) is 0 Å². The lowest BCUT2D eigenvalue weighted by atomic mass is 10.1. The van der Waals surface area contributed by atoms with Gasteiger partial charge in [-0.2, -0.15) is 0 Å². The zero-order chi connectivity index (χ0) is 16.0. The number of hydrogen-bond donors (Lipinski definition) is 0. The van der Waals surface area contributed by atoms with Crippen LogP contribution in [0.15, 0.2) is 18.2 Å². The molecule has 0 N–H and O–H groups in total. The Balaban J connectivity index is 1.93. The van der Waals surface area contributed by atoms with Crippen molar-refractivity contribution in [1.82, 2.24) is 4.90 Å². The lowest BCUT2D eigenvalue weighted by Crippen LogP contribution is -2.36. The molecule has 0 radical (unpaired) electrons. The number of morpholine rings is 1. The quantitative estimate of drug-likeness (QED) is 0.807. The predicted octanol–water partition coefficient (Wildman–Crippen LogP) is 2.86. The molecule has 0 aromatic heterocycles. The van der Waals surface area contributed by atoms with E-state index in [9.17, 15) is 13.2 Å². The molecule has 0 bridgehead atoms. The summed E-state index contributed by atoms with van der Waals surface area (Å²) in [5, 5.41) is 0. The Morgan fingerprint density at radius 3 is 2.59 bits per heavy atom. The summed E-state index contributed by atoms with van der Waals surface area (Å²) >= 11 is 0. The molecule has 0 saturated carbocycles. The fourth-order valence-corrected chi connectivity index (χ4v) is 2.47. The Bertz CT molecular complexity index is 474. The number of rotatable bonds is 6. The summed E-state index contributed by atoms with van der Waals surface area (Å²) < 4.78 is 51.3. The number of hydrogen-bond acceptors (Lipinski definition) is 4. The van der Waals surface area contributed by atoms with Crippen molar-refractivity contribution in [3.8, 4) is 11.5 Å². The van der Waals surface area contributed by atoms with Crippen molar-refractivity contribution < 1.29 is 27.4 Å². The molecule has 1 aliphatic heterocycles. The molecule has 1 heterocycles. The summed E-state index contributed by atoms with van der Waals surface area (Å²) in [6.07, 6.45) is -3.21. The number of methoxy groups -OCH3 is 1. The summed E-state index contributed by atoms with van der Waals surface area (Å²) in [5.74, 6) is 0.367. The number of benzene rings is 1. The Labute approximate surface area is 127 Å². The van der Waals surface area contributed by atoms with Gasteiger partial charge < -0.3 is 14.2 Å². The van der Waals surface area contributed by atoms with E-state index < -0.39 is 6.36 Å². The lowest BCUT2D eigenvalue weighted by Gasteiger charge is -2.26. The Hall–Kier alpha value is -1.47. The molecule has 0 amide bonds. The third kappa shape index (κ3) is 5.38. The van der Waals surface area contributed by atoms with Crippen molar-refractivity contribution in [3.63, 3.8) is 0 Å². The van der Waals surface area contributed by atoms with Crippen LogP contribution in [-0.2, 0) is 11.2 Å². The number of halogens is 3.